The zero-order chi connectivity index (χ0) is 8.65. The molecular formula is C9H9NOS. The van der Waals surface area contributed by atoms with E-state index >= 15 is 0 Å². The smallest absolute Gasteiger partial charge is 0.180 e. The first kappa shape index (κ1) is 8.74. The standard InChI is InChI=1S/C5H5NO.C4H4S/c7-6-4-2-1-3-5-6;1-2-4-5-3-1/h1-5H;1-4H. The van der Waals surface area contributed by atoms with E-state index in [2.05, 4.69) is 0 Å². The topological polar surface area (TPSA) is 26.9 Å². The Morgan fingerprint density at radius 3 is 1.67 bits per heavy atom. The summed E-state index contributed by atoms with van der Waals surface area (Å²) in [6.45, 7) is 0. The van der Waals surface area contributed by atoms with Crippen molar-refractivity contribution in [1.82, 2.24) is 0 Å². The molecule has 12 heavy (non-hydrogen) atoms. The van der Waals surface area contributed by atoms with Gasteiger partial charge in [0.25, 0.3) is 0 Å². The molecule has 2 nitrogen and oxygen atoms in total. The normalized spacial score (nSPS) is 8.33. The molecule has 0 unspecified atom stereocenters. The first-order valence-electron chi connectivity index (χ1n) is 3.50. The Labute approximate surface area is 75.3 Å². The van der Waals surface area contributed by atoms with Crippen molar-refractivity contribution in [2.45, 2.75) is 0 Å². The lowest BCUT2D eigenvalue weighted by molar-refractivity contribution is -0.605. The minimum absolute atomic E-state index is 0.750. The largest absolute Gasteiger partial charge is 0.619 e. The van der Waals surface area contributed by atoms with Crippen LogP contribution in [0.2, 0.25) is 0 Å². The molecular weight excluding hydrogens is 170 g/mol. The van der Waals surface area contributed by atoms with Crippen molar-refractivity contribution in [2.75, 3.05) is 0 Å². The van der Waals surface area contributed by atoms with Crippen LogP contribution in [0.25, 0.3) is 0 Å². The van der Waals surface area contributed by atoms with E-state index in [1.54, 1.807) is 29.5 Å². The number of thiophene rings is 1. The number of nitrogens with zero attached hydrogens (tertiary/aromatic N) is 1. The van der Waals surface area contributed by atoms with E-state index < -0.39 is 0 Å². The molecule has 0 aliphatic carbocycles. The van der Waals surface area contributed by atoms with Crippen molar-refractivity contribution in [1.29, 1.82) is 0 Å². The van der Waals surface area contributed by atoms with Gasteiger partial charge < -0.3 is 5.21 Å². The van der Waals surface area contributed by atoms with Crippen molar-refractivity contribution in [3.05, 3.63) is 58.7 Å². The maximum atomic E-state index is 10.2. The second kappa shape index (κ2) is 5.32. The van der Waals surface area contributed by atoms with E-state index in [1.165, 1.54) is 12.4 Å². The van der Waals surface area contributed by atoms with E-state index in [-0.39, 0.29) is 0 Å². The van der Waals surface area contributed by atoms with Gasteiger partial charge in [-0.2, -0.15) is 16.1 Å². The van der Waals surface area contributed by atoms with Crippen LogP contribution in [0.3, 0.4) is 0 Å². The van der Waals surface area contributed by atoms with Gasteiger partial charge in [0.1, 0.15) is 0 Å². The van der Waals surface area contributed by atoms with Gasteiger partial charge in [-0.25, -0.2) is 0 Å². The highest BCUT2D eigenvalue weighted by Gasteiger charge is 1.75. The second-order valence-electron chi connectivity index (χ2n) is 2.03. The minimum Gasteiger partial charge on any atom is -0.619 e. The summed E-state index contributed by atoms with van der Waals surface area (Å²) in [5, 5.41) is 14.3. The van der Waals surface area contributed by atoms with Gasteiger partial charge in [0.2, 0.25) is 0 Å². The van der Waals surface area contributed by atoms with Crippen LogP contribution in [-0.2, 0) is 0 Å². The summed E-state index contributed by atoms with van der Waals surface area (Å²) in [5.41, 5.74) is 0. The lowest BCUT2D eigenvalue weighted by atomic mass is 10.5. The lowest BCUT2D eigenvalue weighted by Crippen LogP contribution is -2.22. The maximum Gasteiger partial charge on any atom is 0.180 e. The number of rotatable bonds is 0. The summed E-state index contributed by atoms with van der Waals surface area (Å²) >= 11 is 1.71. The van der Waals surface area contributed by atoms with Crippen LogP contribution < -0.4 is 4.73 Å². The van der Waals surface area contributed by atoms with Gasteiger partial charge >= 0.3 is 0 Å². The Morgan fingerprint density at radius 1 is 0.833 bits per heavy atom. The average Bonchev–Trinajstić information content (AvgIpc) is 2.62. The number of aromatic nitrogens is 1. The number of hydrogen-bond donors (Lipinski definition) is 0. The van der Waals surface area contributed by atoms with Gasteiger partial charge in [0, 0.05) is 12.1 Å². The van der Waals surface area contributed by atoms with Crippen LogP contribution in [-0.4, -0.2) is 0 Å². The zero-order valence-electron chi connectivity index (χ0n) is 6.46. The lowest BCUT2D eigenvalue weighted by Gasteiger charge is -1.88. The van der Waals surface area contributed by atoms with E-state index in [1.807, 2.05) is 22.9 Å². The third-order valence-corrected chi connectivity index (χ3v) is 1.74. The van der Waals surface area contributed by atoms with Crippen molar-refractivity contribution in [3.63, 3.8) is 0 Å². The van der Waals surface area contributed by atoms with Crippen LogP contribution in [0.1, 0.15) is 0 Å². The second-order valence-corrected chi connectivity index (χ2v) is 2.85. The first-order valence-corrected chi connectivity index (χ1v) is 4.45. The van der Waals surface area contributed by atoms with Crippen LogP contribution in [0.5, 0.6) is 0 Å². The van der Waals surface area contributed by atoms with Crippen LogP contribution >= 0.6 is 11.3 Å². The fraction of sp³-hybridized carbons (Fsp3) is 0. The average molecular weight is 179 g/mol. The molecule has 0 fully saturated rings. The molecule has 0 N–H and O–H groups in total. The number of hydrogen-bond acceptors (Lipinski definition) is 2. The molecule has 0 aliphatic rings. The molecule has 0 saturated heterocycles. The quantitative estimate of drug-likeness (QED) is 0.449. The molecule has 2 aromatic heterocycles. The van der Waals surface area contributed by atoms with Gasteiger partial charge in [0.15, 0.2) is 12.4 Å². The molecule has 0 amide bonds. The summed E-state index contributed by atoms with van der Waals surface area (Å²) in [7, 11) is 0. The summed E-state index contributed by atoms with van der Waals surface area (Å²) in [6.07, 6.45) is 2.89. The Balaban J connectivity index is 0.000000127. The predicted octanol–water partition coefficient (Wildman–Crippen LogP) is 2.07. The van der Waals surface area contributed by atoms with Crippen LogP contribution in [0.15, 0.2) is 53.5 Å². The fourth-order valence-electron chi connectivity index (χ4n) is 0.610. The molecule has 0 spiro atoms. The fourth-order valence-corrected chi connectivity index (χ4v) is 1.06. The molecule has 0 radical (unpaired) electrons. The predicted molar refractivity (Wildman–Crippen MR) is 49.7 cm³/mol. The first-order chi connectivity index (χ1) is 5.89. The highest BCUT2D eigenvalue weighted by molar-refractivity contribution is 7.07. The van der Waals surface area contributed by atoms with Crippen molar-refractivity contribution in [3.8, 4) is 0 Å². The molecule has 2 heterocycles. The van der Waals surface area contributed by atoms with Gasteiger partial charge in [-0.05, 0) is 10.8 Å². The molecule has 0 aliphatic heterocycles. The Bertz CT molecular complexity index is 263. The van der Waals surface area contributed by atoms with Crippen LogP contribution in [0.4, 0.5) is 0 Å². The van der Waals surface area contributed by atoms with Crippen molar-refractivity contribution >= 4 is 11.3 Å². The van der Waals surface area contributed by atoms with Gasteiger partial charge in [0.05, 0.1) is 0 Å². The van der Waals surface area contributed by atoms with Gasteiger partial charge in [-0.3, -0.25) is 0 Å². The zero-order valence-corrected chi connectivity index (χ0v) is 7.28. The van der Waals surface area contributed by atoms with E-state index in [4.69, 9.17) is 0 Å². The number of pyridine rings is 1. The highest BCUT2D eigenvalue weighted by Crippen LogP contribution is 1.91. The van der Waals surface area contributed by atoms with Crippen molar-refractivity contribution in [2.24, 2.45) is 0 Å². The summed E-state index contributed by atoms with van der Waals surface area (Å²) in [5.74, 6) is 0. The van der Waals surface area contributed by atoms with Gasteiger partial charge in [-0.1, -0.05) is 18.2 Å². The Kier molecular flexibility index (Phi) is 3.88. The minimum atomic E-state index is 0.750. The molecule has 2 rings (SSSR count). The molecule has 0 saturated carbocycles. The Morgan fingerprint density at radius 2 is 1.42 bits per heavy atom. The Hall–Kier alpha value is -1.35. The third kappa shape index (κ3) is 3.73. The molecule has 62 valence electrons. The third-order valence-electron chi connectivity index (χ3n) is 1.11. The van der Waals surface area contributed by atoms with Crippen LogP contribution in [0, 0.1) is 5.21 Å². The monoisotopic (exact) mass is 179 g/mol. The molecule has 0 aromatic carbocycles. The molecule has 0 atom stereocenters. The summed E-state index contributed by atoms with van der Waals surface area (Å²) in [6, 6.07) is 9.21. The maximum absolute atomic E-state index is 10.2. The van der Waals surface area contributed by atoms with Crippen molar-refractivity contribution < 1.29 is 4.73 Å². The molecule has 2 aromatic rings. The SMILES string of the molecule is [O-][n+]1ccccc1.c1ccsc1. The summed E-state index contributed by atoms with van der Waals surface area (Å²) < 4.78 is 0.750. The highest BCUT2D eigenvalue weighted by atomic mass is 32.1. The van der Waals surface area contributed by atoms with E-state index in [0.717, 1.165) is 4.73 Å². The summed E-state index contributed by atoms with van der Waals surface area (Å²) in [4.78, 5) is 0. The van der Waals surface area contributed by atoms with E-state index in [0.29, 0.717) is 0 Å². The van der Waals surface area contributed by atoms with E-state index in [9.17, 15) is 5.21 Å². The molecule has 0 bridgehead atoms. The van der Waals surface area contributed by atoms with Gasteiger partial charge in [-0.15, -0.1) is 0 Å². The molecule has 3 heteroatoms.